The maximum Gasteiger partial charge on any atom is 0.282 e. The molecule has 0 saturated carbocycles. The lowest BCUT2D eigenvalue weighted by Crippen LogP contribution is -2.59. The van der Waals surface area contributed by atoms with Gasteiger partial charge < -0.3 is 4.90 Å². The SMILES string of the molecule is O=C(Cn1ncc2ncc(-c3ccc(F)c(F)c3)cc21)N1CC(F)(F)C1. The predicted octanol–water partition coefficient (Wildman–Crippen LogP) is 2.85. The fraction of sp³-hybridized carbons (Fsp3) is 0.235. The van der Waals surface area contributed by atoms with Gasteiger partial charge in [-0.3, -0.25) is 14.5 Å². The van der Waals surface area contributed by atoms with Gasteiger partial charge in [-0.1, -0.05) is 6.07 Å². The summed E-state index contributed by atoms with van der Waals surface area (Å²) in [7, 11) is 0. The van der Waals surface area contributed by atoms with Crippen LogP contribution in [0.25, 0.3) is 22.2 Å². The van der Waals surface area contributed by atoms with Gasteiger partial charge in [0.05, 0.1) is 24.8 Å². The smallest absolute Gasteiger partial charge is 0.282 e. The van der Waals surface area contributed by atoms with Crippen LogP contribution in [0.5, 0.6) is 0 Å². The van der Waals surface area contributed by atoms with Crippen molar-refractivity contribution in [3.05, 3.63) is 48.3 Å². The van der Waals surface area contributed by atoms with E-state index >= 15 is 0 Å². The van der Waals surface area contributed by atoms with E-state index in [1.807, 2.05) is 0 Å². The van der Waals surface area contributed by atoms with E-state index in [2.05, 4.69) is 10.1 Å². The van der Waals surface area contributed by atoms with Gasteiger partial charge in [0.25, 0.3) is 5.92 Å². The molecule has 1 aromatic carbocycles. The van der Waals surface area contributed by atoms with Crippen LogP contribution in [0.2, 0.25) is 0 Å². The number of benzene rings is 1. The van der Waals surface area contributed by atoms with Crippen molar-refractivity contribution in [2.75, 3.05) is 13.1 Å². The fourth-order valence-electron chi connectivity index (χ4n) is 2.83. The van der Waals surface area contributed by atoms with Crippen LogP contribution >= 0.6 is 0 Å². The number of likely N-dealkylation sites (tertiary alicyclic amines) is 1. The number of carbonyl (C=O) groups excluding carboxylic acids is 1. The van der Waals surface area contributed by atoms with Gasteiger partial charge in [0, 0.05) is 11.8 Å². The van der Waals surface area contributed by atoms with E-state index in [4.69, 9.17) is 0 Å². The van der Waals surface area contributed by atoms with E-state index in [1.54, 1.807) is 6.07 Å². The van der Waals surface area contributed by atoms with Crippen molar-refractivity contribution < 1.29 is 22.4 Å². The number of rotatable bonds is 3. The zero-order valence-corrected chi connectivity index (χ0v) is 13.3. The Hall–Kier alpha value is -2.97. The molecule has 0 atom stereocenters. The van der Waals surface area contributed by atoms with Gasteiger partial charge in [-0.2, -0.15) is 5.10 Å². The van der Waals surface area contributed by atoms with Crippen LogP contribution in [0.15, 0.2) is 36.7 Å². The number of hydrogen-bond acceptors (Lipinski definition) is 3. The zero-order valence-electron chi connectivity index (χ0n) is 13.3. The molecular formula is C17H12F4N4O. The van der Waals surface area contributed by atoms with Crippen LogP contribution < -0.4 is 0 Å². The molecule has 1 fully saturated rings. The predicted molar refractivity (Wildman–Crippen MR) is 84.4 cm³/mol. The Morgan fingerprint density at radius 2 is 1.85 bits per heavy atom. The number of alkyl halides is 2. The van der Waals surface area contributed by atoms with Gasteiger partial charge in [-0.05, 0) is 23.8 Å². The largest absolute Gasteiger partial charge is 0.329 e. The number of aromatic nitrogens is 3. The summed E-state index contributed by atoms with van der Waals surface area (Å²) in [4.78, 5) is 17.3. The number of amides is 1. The number of halogens is 4. The summed E-state index contributed by atoms with van der Waals surface area (Å²) >= 11 is 0. The second-order valence-electron chi connectivity index (χ2n) is 6.17. The normalized spacial score (nSPS) is 15.9. The van der Waals surface area contributed by atoms with Gasteiger partial charge in [-0.25, -0.2) is 17.6 Å². The Labute approximate surface area is 144 Å². The van der Waals surface area contributed by atoms with Crippen LogP contribution in [0.1, 0.15) is 0 Å². The molecular weight excluding hydrogens is 352 g/mol. The summed E-state index contributed by atoms with van der Waals surface area (Å²) in [6.07, 6.45) is 2.93. The molecule has 134 valence electrons. The highest BCUT2D eigenvalue weighted by atomic mass is 19.3. The molecule has 1 saturated heterocycles. The second kappa shape index (κ2) is 5.79. The third-order valence-corrected chi connectivity index (χ3v) is 4.23. The summed E-state index contributed by atoms with van der Waals surface area (Å²) < 4.78 is 53.7. The van der Waals surface area contributed by atoms with Gasteiger partial charge in [-0.15, -0.1) is 0 Å². The van der Waals surface area contributed by atoms with Crippen molar-refractivity contribution in [3.8, 4) is 11.1 Å². The first kappa shape index (κ1) is 16.5. The Morgan fingerprint density at radius 3 is 2.54 bits per heavy atom. The van der Waals surface area contributed by atoms with Crippen molar-refractivity contribution >= 4 is 16.9 Å². The van der Waals surface area contributed by atoms with E-state index < -0.39 is 36.6 Å². The lowest BCUT2D eigenvalue weighted by atomic mass is 10.1. The van der Waals surface area contributed by atoms with Crippen LogP contribution in [0.3, 0.4) is 0 Å². The first-order chi connectivity index (χ1) is 12.3. The van der Waals surface area contributed by atoms with E-state index in [9.17, 15) is 22.4 Å². The molecule has 0 radical (unpaired) electrons. The Morgan fingerprint density at radius 1 is 1.08 bits per heavy atom. The van der Waals surface area contributed by atoms with Crippen molar-refractivity contribution in [1.29, 1.82) is 0 Å². The van der Waals surface area contributed by atoms with Gasteiger partial charge >= 0.3 is 0 Å². The molecule has 9 heteroatoms. The minimum atomic E-state index is -2.83. The van der Waals surface area contributed by atoms with E-state index in [0.29, 0.717) is 22.2 Å². The number of fused-ring (bicyclic) bond motifs is 1. The van der Waals surface area contributed by atoms with Crippen molar-refractivity contribution in [1.82, 2.24) is 19.7 Å². The summed E-state index contributed by atoms with van der Waals surface area (Å²) in [5.41, 5.74) is 1.92. The molecule has 3 aromatic rings. The second-order valence-corrected chi connectivity index (χ2v) is 6.17. The third-order valence-electron chi connectivity index (χ3n) is 4.23. The maximum atomic E-state index is 13.4. The standard InChI is InChI=1S/C17H12F4N4O/c18-12-2-1-10(3-13(12)19)11-4-15-14(22-5-11)6-23-25(15)7-16(26)24-8-17(20,21)9-24/h1-6H,7-9H2. The molecule has 0 bridgehead atoms. The summed E-state index contributed by atoms with van der Waals surface area (Å²) in [6.45, 7) is -1.39. The quantitative estimate of drug-likeness (QED) is 0.672. The van der Waals surface area contributed by atoms with Gasteiger partial charge in [0.15, 0.2) is 11.6 Å². The summed E-state index contributed by atoms with van der Waals surface area (Å²) in [6, 6.07) is 5.11. The lowest BCUT2D eigenvalue weighted by Gasteiger charge is -2.38. The lowest BCUT2D eigenvalue weighted by molar-refractivity contribution is -0.166. The highest BCUT2D eigenvalue weighted by Gasteiger charge is 2.46. The topological polar surface area (TPSA) is 51.0 Å². The first-order valence-electron chi connectivity index (χ1n) is 7.75. The van der Waals surface area contributed by atoms with E-state index in [1.165, 1.54) is 23.1 Å². The van der Waals surface area contributed by atoms with E-state index in [0.717, 1.165) is 17.0 Å². The van der Waals surface area contributed by atoms with E-state index in [-0.39, 0.29) is 6.54 Å². The minimum absolute atomic E-state index is 0.206. The monoisotopic (exact) mass is 364 g/mol. The third kappa shape index (κ3) is 2.89. The van der Waals surface area contributed by atoms with Crippen LogP contribution in [-0.2, 0) is 11.3 Å². The Balaban J connectivity index is 1.62. The van der Waals surface area contributed by atoms with Crippen molar-refractivity contribution in [3.63, 3.8) is 0 Å². The molecule has 5 nitrogen and oxygen atoms in total. The zero-order chi connectivity index (χ0) is 18.5. The number of carbonyl (C=O) groups is 1. The maximum absolute atomic E-state index is 13.4. The molecule has 0 aliphatic carbocycles. The highest BCUT2D eigenvalue weighted by Crippen LogP contribution is 2.27. The van der Waals surface area contributed by atoms with Crippen LogP contribution in [0.4, 0.5) is 17.6 Å². The molecule has 2 aromatic heterocycles. The summed E-state index contributed by atoms with van der Waals surface area (Å²) in [5, 5.41) is 4.06. The van der Waals surface area contributed by atoms with Crippen molar-refractivity contribution in [2.45, 2.75) is 12.5 Å². The molecule has 4 rings (SSSR count). The molecule has 0 N–H and O–H groups in total. The minimum Gasteiger partial charge on any atom is -0.329 e. The average molecular weight is 364 g/mol. The molecule has 0 unspecified atom stereocenters. The number of pyridine rings is 1. The molecule has 1 aliphatic heterocycles. The molecule has 3 heterocycles. The number of hydrogen-bond donors (Lipinski definition) is 0. The molecule has 26 heavy (non-hydrogen) atoms. The first-order valence-corrected chi connectivity index (χ1v) is 7.75. The Bertz CT molecular complexity index is 1010. The van der Waals surface area contributed by atoms with Gasteiger partial charge in [0.2, 0.25) is 5.91 Å². The molecule has 0 spiro atoms. The molecule has 1 aliphatic rings. The van der Waals surface area contributed by atoms with Crippen molar-refractivity contribution in [2.24, 2.45) is 0 Å². The average Bonchev–Trinajstić information content (AvgIpc) is 2.97. The van der Waals surface area contributed by atoms with Crippen LogP contribution in [0, 0.1) is 11.6 Å². The highest BCUT2D eigenvalue weighted by molar-refractivity contribution is 5.83. The van der Waals surface area contributed by atoms with Crippen LogP contribution in [-0.4, -0.2) is 44.6 Å². The number of nitrogens with zero attached hydrogens (tertiary/aromatic N) is 4. The summed E-state index contributed by atoms with van der Waals surface area (Å²) in [5.74, 6) is -5.24. The molecule has 1 amide bonds. The fourth-order valence-corrected chi connectivity index (χ4v) is 2.83. The Kier molecular flexibility index (Phi) is 3.67. The van der Waals surface area contributed by atoms with Gasteiger partial charge in [0.1, 0.15) is 12.1 Å².